The van der Waals surface area contributed by atoms with Crippen LogP contribution in [0.1, 0.15) is 13.8 Å². The second kappa shape index (κ2) is 16.2. The van der Waals surface area contributed by atoms with E-state index in [1.807, 2.05) is 0 Å². The molecule has 0 aromatic rings. The van der Waals surface area contributed by atoms with Gasteiger partial charge in [-0.1, -0.05) is 0 Å². The molecule has 13 N–H and O–H groups in total. The minimum absolute atomic E-state index is 0.678. The number of nitrogens with one attached hydrogen (secondary N) is 1. The Morgan fingerprint density at radius 1 is 0.553 bits per heavy atom. The fourth-order valence-corrected chi connectivity index (χ4v) is 5.86. The molecular formula is C26H45NO20. The number of rotatable bonds is 10. The van der Waals surface area contributed by atoms with Gasteiger partial charge in [0.05, 0.1) is 25.9 Å². The fraction of sp³-hybridized carbons (Fsp3) is 0.962. The maximum absolute atomic E-state index is 11.7. The average molecular weight is 692 g/mol. The summed E-state index contributed by atoms with van der Waals surface area (Å²) in [5.74, 6) is -0.678. The highest BCUT2D eigenvalue weighted by molar-refractivity contribution is 5.73. The van der Waals surface area contributed by atoms with Crippen LogP contribution in [0.5, 0.6) is 0 Å². The van der Waals surface area contributed by atoms with Crippen LogP contribution in [0.2, 0.25) is 0 Å². The summed E-state index contributed by atoms with van der Waals surface area (Å²) in [6.45, 7) is -0.164. The van der Waals surface area contributed by atoms with Crippen LogP contribution in [0.4, 0.5) is 0 Å². The number of carbonyl (C=O) groups excluding carboxylic acids is 1. The van der Waals surface area contributed by atoms with Crippen LogP contribution >= 0.6 is 0 Å². The Kier molecular flexibility index (Phi) is 13.2. The largest absolute Gasteiger partial charge is 0.394 e. The summed E-state index contributed by atoms with van der Waals surface area (Å²) >= 11 is 0. The molecular weight excluding hydrogens is 646 g/mol. The third-order valence-electron chi connectivity index (χ3n) is 8.57. The molecule has 4 aliphatic rings. The highest BCUT2D eigenvalue weighted by Gasteiger charge is 2.56. The standard InChI is InChI=1S/C26H45NO20/c1-6-12(32)16(36)18(38)24(41-6)47-22-21(46-25-19(39)17(37)13(33)8(3-28)43-25)14(34)9(4-29)44-26(22)45-20-10(5-30)42-23(40)11(15(20)35)27-7(2)31/h6,8-26,28-30,32-40H,3-5H2,1-2H3,(H,27,31)/t6-,8+,9+,10+,11+,12+,13-,14-,15+,16+,17-,18-,19+,20+,21-,22+,23?,24-,25+,26-/m0/s1. The number of hydrogen-bond acceptors (Lipinski definition) is 20. The first-order valence-corrected chi connectivity index (χ1v) is 15.0. The van der Waals surface area contributed by atoms with Crippen molar-refractivity contribution in [2.75, 3.05) is 19.8 Å². The predicted octanol–water partition coefficient (Wildman–Crippen LogP) is -8.58. The van der Waals surface area contributed by atoms with Crippen LogP contribution in [0.3, 0.4) is 0 Å². The molecule has 4 aliphatic heterocycles. The van der Waals surface area contributed by atoms with E-state index in [9.17, 15) is 66.1 Å². The Balaban J connectivity index is 1.71. The summed E-state index contributed by atoms with van der Waals surface area (Å²) in [6.07, 6.45) is -33.1. The van der Waals surface area contributed by atoms with Gasteiger partial charge in [0.15, 0.2) is 25.2 Å². The molecule has 0 radical (unpaired) electrons. The molecule has 21 nitrogen and oxygen atoms in total. The second-order valence-electron chi connectivity index (χ2n) is 11.9. The lowest BCUT2D eigenvalue weighted by atomic mass is 9.94. The van der Waals surface area contributed by atoms with Crippen molar-refractivity contribution in [3.8, 4) is 0 Å². The summed E-state index contributed by atoms with van der Waals surface area (Å²) in [4.78, 5) is 11.7. The Morgan fingerprint density at radius 3 is 1.62 bits per heavy atom. The van der Waals surface area contributed by atoms with Crippen LogP contribution in [-0.4, -0.2) is 210 Å². The van der Waals surface area contributed by atoms with Crippen molar-refractivity contribution in [3.63, 3.8) is 0 Å². The van der Waals surface area contributed by atoms with E-state index in [4.69, 9.17) is 33.2 Å². The molecule has 0 aromatic heterocycles. The van der Waals surface area contributed by atoms with Crippen molar-refractivity contribution in [1.29, 1.82) is 0 Å². The normalized spacial score (nSPS) is 51.0. The van der Waals surface area contributed by atoms with E-state index in [0.29, 0.717) is 0 Å². The lowest BCUT2D eigenvalue weighted by molar-refractivity contribution is -0.402. The minimum Gasteiger partial charge on any atom is -0.394 e. The van der Waals surface area contributed by atoms with E-state index >= 15 is 0 Å². The van der Waals surface area contributed by atoms with Crippen molar-refractivity contribution in [1.82, 2.24) is 5.32 Å². The molecule has 4 fully saturated rings. The molecule has 21 heteroatoms. The summed E-state index contributed by atoms with van der Waals surface area (Å²) in [6, 6.07) is -1.50. The predicted molar refractivity (Wildman–Crippen MR) is 144 cm³/mol. The summed E-state index contributed by atoms with van der Waals surface area (Å²) in [5.41, 5.74) is 0. The van der Waals surface area contributed by atoms with Gasteiger partial charge < -0.3 is 99.8 Å². The molecule has 4 heterocycles. The average Bonchev–Trinajstić information content (AvgIpc) is 3.04. The minimum atomic E-state index is -1.99. The molecule has 0 spiro atoms. The van der Waals surface area contributed by atoms with Gasteiger partial charge in [-0.05, 0) is 6.92 Å². The van der Waals surface area contributed by atoms with Gasteiger partial charge in [0, 0.05) is 6.92 Å². The molecule has 1 unspecified atom stereocenters. The van der Waals surface area contributed by atoms with Gasteiger partial charge in [-0.3, -0.25) is 4.79 Å². The van der Waals surface area contributed by atoms with Crippen LogP contribution in [0, 0.1) is 0 Å². The van der Waals surface area contributed by atoms with E-state index in [2.05, 4.69) is 5.32 Å². The Labute approximate surface area is 267 Å². The molecule has 0 saturated carbocycles. The van der Waals surface area contributed by atoms with E-state index in [-0.39, 0.29) is 0 Å². The first-order valence-electron chi connectivity index (χ1n) is 15.0. The van der Waals surface area contributed by atoms with Crippen LogP contribution in [-0.2, 0) is 38.0 Å². The molecule has 4 saturated heterocycles. The Hall–Kier alpha value is -1.29. The highest BCUT2D eigenvalue weighted by Crippen LogP contribution is 2.35. The van der Waals surface area contributed by atoms with Crippen molar-refractivity contribution in [2.24, 2.45) is 0 Å². The smallest absolute Gasteiger partial charge is 0.217 e. The molecule has 4 rings (SSSR count). The highest BCUT2D eigenvalue weighted by atomic mass is 16.8. The number of amides is 1. The maximum atomic E-state index is 11.7. The van der Waals surface area contributed by atoms with E-state index in [1.54, 1.807) is 0 Å². The number of aliphatic hydroxyl groups is 12. The fourth-order valence-electron chi connectivity index (χ4n) is 5.86. The summed E-state index contributed by atoms with van der Waals surface area (Å²) in [5, 5.41) is 127. The van der Waals surface area contributed by atoms with Crippen LogP contribution < -0.4 is 5.32 Å². The second-order valence-corrected chi connectivity index (χ2v) is 11.9. The van der Waals surface area contributed by atoms with E-state index < -0.39 is 148 Å². The summed E-state index contributed by atoms with van der Waals surface area (Å²) in [7, 11) is 0. The van der Waals surface area contributed by atoms with Gasteiger partial charge in [-0.2, -0.15) is 0 Å². The first kappa shape index (κ1) is 38.5. The zero-order valence-corrected chi connectivity index (χ0v) is 25.3. The molecule has 0 aromatic carbocycles. The molecule has 0 aliphatic carbocycles. The van der Waals surface area contributed by atoms with E-state index in [0.717, 1.165) is 6.92 Å². The Bertz CT molecular complexity index is 1010. The lowest BCUT2D eigenvalue weighted by Gasteiger charge is -2.50. The van der Waals surface area contributed by atoms with Crippen molar-refractivity contribution < 1.29 is 99.2 Å². The van der Waals surface area contributed by atoms with Gasteiger partial charge in [0.1, 0.15) is 91.5 Å². The molecule has 274 valence electrons. The maximum Gasteiger partial charge on any atom is 0.217 e. The molecule has 20 atom stereocenters. The Morgan fingerprint density at radius 2 is 1.04 bits per heavy atom. The summed E-state index contributed by atoms with van der Waals surface area (Å²) < 4.78 is 39.6. The van der Waals surface area contributed by atoms with Gasteiger partial charge >= 0.3 is 0 Å². The van der Waals surface area contributed by atoms with E-state index in [1.165, 1.54) is 6.92 Å². The number of hydrogen-bond donors (Lipinski definition) is 13. The molecule has 1 amide bonds. The lowest BCUT2D eigenvalue weighted by Crippen LogP contribution is -2.69. The molecule has 0 bridgehead atoms. The zero-order chi connectivity index (χ0) is 34.9. The monoisotopic (exact) mass is 691 g/mol. The van der Waals surface area contributed by atoms with Gasteiger partial charge in [0.25, 0.3) is 0 Å². The van der Waals surface area contributed by atoms with Gasteiger partial charge in [-0.25, -0.2) is 0 Å². The van der Waals surface area contributed by atoms with Crippen LogP contribution in [0.15, 0.2) is 0 Å². The number of carbonyl (C=O) groups is 1. The molecule has 47 heavy (non-hydrogen) atoms. The van der Waals surface area contributed by atoms with Crippen molar-refractivity contribution >= 4 is 5.91 Å². The quantitative estimate of drug-likeness (QED) is 0.101. The number of aliphatic hydroxyl groups excluding tert-OH is 12. The first-order chi connectivity index (χ1) is 22.1. The third-order valence-corrected chi connectivity index (χ3v) is 8.57. The van der Waals surface area contributed by atoms with Crippen molar-refractivity contribution in [3.05, 3.63) is 0 Å². The van der Waals surface area contributed by atoms with Gasteiger partial charge in [0.2, 0.25) is 5.91 Å². The van der Waals surface area contributed by atoms with Crippen molar-refractivity contribution in [2.45, 2.75) is 137 Å². The SMILES string of the molecule is CC(=O)N[C@H]1C(O)O[C@H](CO)[C@@H](O[C@@H]2O[C@H](CO)[C@H](O)[C@H](O[C@H]3O[C@H](CO)[C@H](O)[C@H](O)[C@H]3O)[C@H]2O[C@@H]2O[C@@H](C)[C@@H](O)[C@@H](O)[C@@H]2O)[C@@H]1O. The third kappa shape index (κ3) is 8.04. The zero-order valence-electron chi connectivity index (χ0n) is 25.3. The number of ether oxygens (including phenoxy) is 7. The van der Waals surface area contributed by atoms with Crippen LogP contribution in [0.25, 0.3) is 0 Å². The van der Waals surface area contributed by atoms with Gasteiger partial charge in [-0.15, -0.1) is 0 Å². The topological polar surface area (TPSA) is 336 Å².